The van der Waals surface area contributed by atoms with Crippen molar-refractivity contribution in [2.75, 3.05) is 40.6 Å². The third kappa shape index (κ3) is 8.44. The molecule has 4 aromatic rings. The third-order valence-corrected chi connectivity index (χ3v) is 12.3. The number of carbonyl (C=O) groups excluding carboxylic acids is 2. The molecule has 6 unspecified atom stereocenters. The standard InChI is InChI=1S/C49H56N2O9/c1-5-25-57-49-45(51(3)48(55)35-18-17-32-13-7-8-14-33(32)26-35)30-42(50-58-6-2)40-28-34(15-9-11-23-52)39(16-10-12-24-53)46(47(40)49)41-29-38(20-22-44(41)60-49)59-37-19-21-43(56-4)36(27-37)31-54/h5,7-8,13-14,17-22,26-29,31,34,39,45-47,52-53H,1,6,9-12,15-16,23-25,30H2,2-4H3. The van der Waals surface area contributed by atoms with Crippen LogP contribution in [0.5, 0.6) is 23.0 Å². The average Bonchev–Trinajstić information content (AvgIpc) is 3.28. The SMILES string of the molecule is C=CCOC12Oc3ccc(Oc4ccc(OC)c(C=O)c4)cc3C3C(CCCCO)C(CCCCO)C=C(C(=NOCC)CC1N(C)C(=O)c1ccc4ccccc4c1)C32. The lowest BCUT2D eigenvalue weighted by molar-refractivity contribution is -0.252. The first-order valence-electron chi connectivity index (χ1n) is 21.1. The van der Waals surface area contributed by atoms with E-state index in [4.69, 9.17) is 28.9 Å². The van der Waals surface area contributed by atoms with Gasteiger partial charge in [0.2, 0.25) is 5.79 Å². The number of hydrogen-bond donors (Lipinski definition) is 2. The highest BCUT2D eigenvalue weighted by molar-refractivity contribution is 6.04. The first kappa shape index (κ1) is 42.6. The Morgan fingerprint density at radius 2 is 1.72 bits per heavy atom. The van der Waals surface area contributed by atoms with E-state index in [-0.39, 0.29) is 43.5 Å². The predicted molar refractivity (Wildman–Crippen MR) is 231 cm³/mol. The number of ether oxygens (including phenoxy) is 4. The van der Waals surface area contributed by atoms with Gasteiger partial charge >= 0.3 is 0 Å². The van der Waals surface area contributed by atoms with E-state index in [1.807, 2.05) is 67.6 Å². The lowest BCUT2D eigenvalue weighted by Gasteiger charge is -2.59. The Balaban J connectivity index is 1.41. The summed E-state index contributed by atoms with van der Waals surface area (Å²) >= 11 is 0. The lowest BCUT2D eigenvalue weighted by Crippen LogP contribution is -2.69. The van der Waals surface area contributed by atoms with Crippen molar-refractivity contribution in [2.24, 2.45) is 22.9 Å². The molecule has 2 N–H and O–H groups in total. The van der Waals surface area contributed by atoms with Gasteiger partial charge in [-0.1, -0.05) is 60.5 Å². The van der Waals surface area contributed by atoms with Gasteiger partial charge < -0.3 is 38.9 Å². The second-order valence-corrected chi connectivity index (χ2v) is 15.8. The first-order chi connectivity index (χ1) is 29.3. The zero-order valence-electron chi connectivity index (χ0n) is 34.8. The van der Waals surface area contributed by atoms with Gasteiger partial charge in [0.25, 0.3) is 5.91 Å². The maximum atomic E-state index is 14.8. The topological polar surface area (TPSA) is 136 Å². The summed E-state index contributed by atoms with van der Waals surface area (Å²) in [6, 6.07) is 23.9. The Kier molecular flexibility index (Phi) is 13.7. The normalized spacial score (nSPS) is 23.4. The van der Waals surface area contributed by atoms with Crippen LogP contribution >= 0.6 is 0 Å². The average molecular weight is 817 g/mol. The van der Waals surface area contributed by atoms with E-state index in [2.05, 4.69) is 12.7 Å². The van der Waals surface area contributed by atoms with E-state index < -0.39 is 17.7 Å². The van der Waals surface area contributed by atoms with E-state index in [0.717, 1.165) is 59.6 Å². The largest absolute Gasteiger partial charge is 0.496 e. The van der Waals surface area contributed by atoms with Gasteiger partial charge in [-0.05, 0) is 109 Å². The molecule has 0 radical (unpaired) electrons. The molecule has 1 saturated carbocycles. The lowest BCUT2D eigenvalue weighted by atomic mass is 9.55. The summed E-state index contributed by atoms with van der Waals surface area (Å²) in [6.45, 7) is 6.62. The van der Waals surface area contributed by atoms with Gasteiger partial charge in [-0.2, -0.15) is 0 Å². The number of amides is 1. The van der Waals surface area contributed by atoms with Crippen molar-refractivity contribution in [3.8, 4) is 23.0 Å². The van der Waals surface area contributed by atoms with Crippen molar-refractivity contribution in [1.82, 2.24) is 4.90 Å². The second kappa shape index (κ2) is 19.3. The summed E-state index contributed by atoms with van der Waals surface area (Å²) in [6.07, 6.45) is 9.63. The monoisotopic (exact) mass is 816 g/mol. The number of methoxy groups -OCH3 is 1. The molecule has 0 spiro atoms. The van der Waals surface area contributed by atoms with Crippen LogP contribution in [0.1, 0.15) is 84.1 Å². The van der Waals surface area contributed by atoms with Crippen molar-refractivity contribution in [1.29, 1.82) is 0 Å². The van der Waals surface area contributed by atoms with Gasteiger partial charge in [-0.15, -0.1) is 6.58 Å². The highest BCUT2D eigenvalue weighted by Crippen LogP contribution is 2.62. The summed E-state index contributed by atoms with van der Waals surface area (Å²) < 4.78 is 26.1. The first-order valence-corrected chi connectivity index (χ1v) is 21.1. The minimum Gasteiger partial charge on any atom is -0.496 e. The van der Waals surface area contributed by atoms with E-state index in [0.29, 0.717) is 60.0 Å². The van der Waals surface area contributed by atoms with Crippen LogP contribution in [0.4, 0.5) is 0 Å². The summed E-state index contributed by atoms with van der Waals surface area (Å²) in [5.74, 6) is -0.0281. The number of unbranched alkanes of at least 4 members (excludes halogenated alkanes) is 2. The minimum atomic E-state index is -1.38. The molecule has 0 saturated heterocycles. The van der Waals surface area contributed by atoms with Crippen LogP contribution in [-0.4, -0.2) is 85.4 Å². The number of fused-ring (bicyclic) bond motifs is 3. The fourth-order valence-electron chi connectivity index (χ4n) is 9.61. The number of nitrogens with zero attached hydrogens (tertiary/aromatic N) is 2. The molecular weight excluding hydrogens is 761 g/mol. The molecule has 0 aromatic heterocycles. The van der Waals surface area contributed by atoms with Crippen molar-refractivity contribution < 1.29 is 43.6 Å². The van der Waals surface area contributed by atoms with Crippen LogP contribution in [-0.2, 0) is 9.57 Å². The van der Waals surface area contributed by atoms with Gasteiger partial charge in [0, 0.05) is 43.7 Å². The molecule has 0 bridgehead atoms. The molecule has 2 aliphatic carbocycles. The molecule has 1 fully saturated rings. The number of carbonyl (C=O) groups is 2. The third-order valence-electron chi connectivity index (χ3n) is 12.3. The Hall–Kier alpha value is -5.49. The summed E-state index contributed by atoms with van der Waals surface area (Å²) in [5.41, 5.74) is 3.52. The van der Waals surface area contributed by atoms with Crippen molar-refractivity contribution in [3.63, 3.8) is 0 Å². The molecule has 316 valence electrons. The molecule has 3 aliphatic rings. The number of aliphatic hydroxyl groups is 2. The van der Waals surface area contributed by atoms with Gasteiger partial charge in [0.15, 0.2) is 6.29 Å². The van der Waals surface area contributed by atoms with Gasteiger partial charge in [0.05, 0.1) is 30.9 Å². The van der Waals surface area contributed by atoms with E-state index >= 15 is 0 Å². The van der Waals surface area contributed by atoms with E-state index in [9.17, 15) is 19.8 Å². The van der Waals surface area contributed by atoms with E-state index in [1.165, 1.54) is 7.11 Å². The van der Waals surface area contributed by atoms with E-state index in [1.54, 1.807) is 36.2 Å². The van der Waals surface area contributed by atoms with Crippen molar-refractivity contribution in [2.45, 2.75) is 69.6 Å². The summed E-state index contributed by atoms with van der Waals surface area (Å²) in [7, 11) is 3.32. The molecule has 1 amide bonds. The molecule has 4 aromatic carbocycles. The van der Waals surface area contributed by atoms with Crippen molar-refractivity contribution >= 4 is 28.7 Å². The zero-order valence-corrected chi connectivity index (χ0v) is 34.8. The Bertz CT molecular complexity index is 2240. The second-order valence-electron chi connectivity index (χ2n) is 15.8. The Morgan fingerprint density at radius 1 is 0.967 bits per heavy atom. The molecular formula is C49H56N2O9. The molecule has 60 heavy (non-hydrogen) atoms. The maximum Gasteiger partial charge on any atom is 0.254 e. The van der Waals surface area contributed by atoms with Gasteiger partial charge in [0.1, 0.15) is 35.6 Å². The Labute approximate surface area is 352 Å². The van der Waals surface area contributed by atoms with Crippen LogP contribution in [0.2, 0.25) is 0 Å². The van der Waals surface area contributed by atoms with Gasteiger partial charge in [-0.3, -0.25) is 9.59 Å². The number of rotatable bonds is 19. The smallest absolute Gasteiger partial charge is 0.254 e. The van der Waals surface area contributed by atoms with Crippen LogP contribution in [0, 0.1) is 17.8 Å². The van der Waals surface area contributed by atoms with Crippen LogP contribution in [0.3, 0.4) is 0 Å². The fourth-order valence-corrected chi connectivity index (χ4v) is 9.61. The molecule has 1 heterocycles. The maximum absolute atomic E-state index is 14.8. The van der Waals surface area contributed by atoms with Gasteiger partial charge in [-0.25, -0.2) is 0 Å². The quantitative estimate of drug-likeness (QED) is 0.0412. The number of aldehydes is 1. The highest BCUT2D eigenvalue weighted by Gasteiger charge is 2.65. The van der Waals surface area contributed by atoms with Crippen LogP contribution in [0.25, 0.3) is 10.8 Å². The number of aliphatic hydroxyl groups excluding tert-OH is 2. The molecule has 7 rings (SSSR count). The summed E-state index contributed by atoms with van der Waals surface area (Å²) in [5, 5.41) is 26.6. The van der Waals surface area contributed by atoms with Crippen LogP contribution in [0.15, 0.2) is 108 Å². The van der Waals surface area contributed by atoms with Crippen LogP contribution < -0.4 is 14.2 Å². The number of allylic oxidation sites excluding steroid dienone is 1. The fraction of sp³-hybridized carbons (Fsp3) is 0.408. The molecule has 11 heteroatoms. The number of oxime groups is 1. The number of hydrogen-bond acceptors (Lipinski definition) is 10. The Morgan fingerprint density at radius 3 is 2.45 bits per heavy atom. The summed E-state index contributed by atoms with van der Waals surface area (Å²) in [4.78, 5) is 34.2. The predicted octanol–water partition coefficient (Wildman–Crippen LogP) is 8.88. The highest BCUT2D eigenvalue weighted by atomic mass is 16.7. The molecule has 11 nitrogen and oxygen atoms in total. The number of benzene rings is 4. The molecule has 6 atom stereocenters. The molecule has 1 aliphatic heterocycles. The number of likely N-dealkylation sites (N-methyl/N-ethyl adjacent to an activating group) is 1. The zero-order chi connectivity index (χ0) is 42.2. The van der Waals surface area contributed by atoms with Crippen molar-refractivity contribution in [3.05, 3.63) is 120 Å². The minimum absolute atomic E-state index is 0.0461.